The maximum atomic E-state index is 12.3. The number of hydrogen-bond donors (Lipinski definition) is 2. The van der Waals surface area contributed by atoms with Crippen molar-refractivity contribution in [1.82, 2.24) is 5.32 Å². The van der Waals surface area contributed by atoms with E-state index in [9.17, 15) is 14.4 Å². The quantitative estimate of drug-likeness (QED) is 0.791. The van der Waals surface area contributed by atoms with Crippen molar-refractivity contribution in [3.05, 3.63) is 59.7 Å². The Hall–Kier alpha value is -2.80. The molecule has 0 aromatic heterocycles. The molecule has 6 nitrogen and oxygen atoms in total. The number of esters is 1. The molecule has 2 amide bonds. The summed E-state index contributed by atoms with van der Waals surface area (Å²) in [4.78, 5) is 36.7. The number of benzene rings is 2. The van der Waals surface area contributed by atoms with E-state index >= 15 is 0 Å². The van der Waals surface area contributed by atoms with E-state index in [1.165, 1.54) is 18.7 Å². The summed E-state index contributed by atoms with van der Waals surface area (Å²) in [7, 11) is 0. The Morgan fingerprint density at radius 1 is 1.23 bits per heavy atom. The van der Waals surface area contributed by atoms with Gasteiger partial charge in [-0.2, -0.15) is 0 Å². The van der Waals surface area contributed by atoms with Crippen LogP contribution in [0.3, 0.4) is 0 Å². The standard InChI is InChI=1S/C19H18N2O4S/c1-12(18(23)20-10-13-5-3-2-4-6-13)25-19(24)14-7-8-16-15(9-14)21-17(22)11-26-16/h2-9,12H,10-11H2,1H3,(H,20,23)(H,21,22)/t12-/m1/s1. The van der Waals surface area contributed by atoms with E-state index in [0.29, 0.717) is 18.0 Å². The van der Waals surface area contributed by atoms with Crippen molar-refractivity contribution in [2.45, 2.75) is 24.5 Å². The normalized spacial score (nSPS) is 14.0. The summed E-state index contributed by atoms with van der Waals surface area (Å²) in [5.41, 5.74) is 1.83. The van der Waals surface area contributed by atoms with E-state index in [2.05, 4.69) is 10.6 Å². The Balaban J connectivity index is 1.57. The molecule has 0 aliphatic carbocycles. The van der Waals surface area contributed by atoms with Gasteiger partial charge in [0.1, 0.15) is 0 Å². The molecule has 0 fully saturated rings. The number of rotatable bonds is 5. The van der Waals surface area contributed by atoms with Gasteiger partial charge < -0.3 is 15.4 Å². The number of hydrogen-bond acceptors (Lipinski definition) is 5. The first-order chi connectivity index (χ1) is 12.5. The minimum Gasteiger partial charge on any atom is -0.449 e. The molecule has 2 N–H and O–H groups in total. The molecule has 0 unspecified atom stereocenters. The number of amides is 2. The second-order valence-corrected chi connectivity index (χ2v) is 6.82. The minimum absolute atomic E-state index is 0.110. The molecule has 1 atom stereocenters. The Morgan fingerprint density at radius 3 is 2.77 bits per heavy atom. The molecule has 7 heteroatoms. The van der Waals surface area contributed by atoms with Gasteiger partial charge in [-0.3, -0.25) is 9.59 Å². The van der Waals surface area contributed by atoms with Crippen LogP contribution in [0.1, 0.15) is 22.8 Å². The SMILES string of the molecule is C[C@@H](OC(=O)c1ccc2c(c1)NC(=O)CS2)C(=O)NCc1ccccc1. The van der Waals surface area contributed by atoms with Gasteiger partial charge in [0, 0.05) is 11.4 Å². The lowest BCUT2D eigenvalue weighted by atomic mass is 10.2. The van der Waals surface area contributed by atoms with Crippen LogP contribution in [-0.4, -0.2) is 29.6 Å². The van der Waals surface area contributed by atoms with Crippen molar-refractivity contribution in [2.24, 2.45) is 0 Å². The maximum Gasteiger partial charge on any atom is 0.338 e. The van der Waals surface area contributed by atoms with Gasteiger partial charge in [-0.1, -0.05) is 30.3 Å². The van der Waals surface area contributed by atoms with Gasteiger partial charge in [-0.25, -0.2) is 4.79 Å². The number of ether oxygens (including phenoxy) is 1. The molecule has 0 spiro atoms. The van der Waals surface area contributed by atoms with Crippen molar-refractivity contribution in [1.29, 1.82) is 0 Å². The van der Waals surface area contributed by atoms with Crippen LogP contribution in [0.4, 0.5) is 5.69 Å². The highest BCUT2D eigenvalue weighted by Gasteiger charge is 2.21. The van der Waals surface area contributed by atoms with E-state index in [1.807, 2.05) is 30.3 Å². The number of carbonyl (C=O) groups is 3. The van der Waals surface area contributed by atoms with Crippen LogP contribution in [0.5, 0.6) is 0 Å². The summed E-state index contributed by atoms with van der Waals surface area (Å²) in [6.07, 6.45) is -0.925. The van der Waals surface area contributed by atoms with Crippen LogP contribution in [0, 0.1) is 0 Å². The van der Waals surface area contributed by atoms with E-state index in [1.54, 1.807) is 18.2 Å². The maximum absolute atomic E-state index is 12.3. The number of fused-ring (bicyclic) bond motifs is 1. The Morgan fingerprint density at radius 2 is 2.00 bits per heavy atom. The molecule has 3 rings (SSSR count). The fourth-order valence-corrected chi connectivity index (χ4v) is 3.21. The highest BCUT2D eigenvalue weighted by molar-refractivity contribution is 8.00. The van der Waals surface area contributed by atoms with E-state index in [4.69, 9.17) is 4.74 Å². The number of nitrogens with one attached hydrogen (secondary N) is 2. The van der Waals surface area contributed by atoms with E-state index < -0.39 is 12.1 Å². The highest BCUT2D eigenvalue weighted by Crippen LogP contribution is 2.32. The van der Waals surface area contributed by atoms with Crippen molar-refractivity contribution in [3.63, 3.8) is 0 Å². The predicted molar refractivity (Wildman–Crippen MR) is 99.0 cm³/mol. The highest BCUT2D eigenvalue weighted by atomic mass is 32.2. The van der Waals surface area contributed by atoms with Crippen LogP contribution in [0.25, 0.3) is 0 Å². The fourth-order valence-electron chi connectivity index (χ4n) is 2.42. The fraction of sp³-hybridized carbons (Fsp3) is 0.211. The van der Waals surface area contributed by atoms with Gasteiger partial charge in [-0.15, -0.1) is 11.8 Å². The zero-order valence-electron chi connectivity index (χ0n) is 14.2. The molecule has 0 saturated heterocycles. The molecule has 1 aliphatic heterocycles. The predicted octanol–water partition coefficient (Wildman–Crippen LogP) is 2.59. The summed E-state index contributed by atoms with van der Waals surface area (Å²) >= 11 is 1.41. The Bertz CT molecular complexity index is 839. The molecule has 134 valence electrons. The molecular formula is C19H18N2O4S. The Kier molecular flexibility index (Phi) is 5.58. The number of carbonyl (C=O) groups excluding carboxylic acids is 3. The van der Waals surface area contributed by atoms with Gasteiger partial charge in [0.2, 0.25) is 5.91 Å². The molecule has 0 saturated carbocycles. The Labute approximate surface area is 155 Å². The smallest absolute Gasteiger partial charge is 0.338 e. The average Bonchev–Trinajstić information content (AvgIpc) is 2.66. The van der Waals surface area contributed by atoms with Gasteiger partial charge in [-0.05, 0) is 30.7 Å². The molecule has 2 aromatic carbocycles. The van der Waals surface area contributed by atoms with Crippen LogP contribution in [0.15, 0.2) is 53.4 Å². The third-order valence-electron chi connectivity index (χ3n) is 3.81. The van der Waals surface area contributed by atoms with E-state index in [-0.39, 0.29) is 17.4 Å². The molecule has 0 radical (unpaired) electrons. The van der Waals surface area contributed by atoms with Crippen molar-refractivity contribution < 1.29 is 19.1 Å². The van der Waals surface area contributed by atoms with Gasteiger partial charge in [0.15, 0.2) is 6.10 Å². The van der Waals surface area contributed by atoms with Gasteiger partial charge >= 0.3 is 5.97 Å². The van der Waals surface area contributed by atoms with Gasteiger partial charge in [0.25, 0.3) is 5.91 Å². The summed E-state index contributed by atoms with van der Waals surface area (Å²) in [5, 5.41) is 5.46. The first kappa shape index (κ1) is 18.0. The monoisotopic (exact) mass is 370 g/mol. The minimum atomic E-state index is -0.925. The zero-order chi connectivity index (χ0) is 18.5. The van der Waals surface area contributed by atoms with Crippen LogP contribution < -0.4 is 10.6 Å². The molecule has 1 heterocycles. The summed E-state index contributed by atoms with van der Waals surface area (Å²) < 4.78 is 5.23. The summed E-state index contributed by atoms with van der Waals surface area (Å²) in [6.45, 7) is 1.89. The lowest BCUT2D eigenvalue weighted by molar-refractivity contribution is -0.129. The largest absolute Gasteiger partial charge is 0.449 e. The lowest BCUT2D eigenvalue weighted by Crippen LogP contribution is -2.35. The lowest BCUT2D eigenvalue weighted by Gasteiger charge is -2.17. The van der Waals surface area contributed by atoms with Gasteiger partial charge in [0.05, 0.1) is 17.0 Å². The molecule has 26 heavy (non-hydrogen) atoms. The summed E-state index contributed by atoms with van der Waals surface area (Å²) in [6, 6.07) is 14.4. The first-order valence-corrected chi connectivity index (χ1v) is 9.11. The zero-order valence-corrected chi connectivity index (χ0v) is 15.0. The van der Waals surface area contributed by atoms with Crippen molar-refractivity contribution >= 4 is 35.2 Å². The van der Waals surface area contributed by atoms with Crippen molar-refractivity contribution in [3.8, 4) is 0 Å². The topological polar surface area (TPSA) is 84.5 Å². The average molecular weight is 370 g/mol. The number of anilines is 1. The second-order valence-electron chi connectivity index (χ2n) is 5.80. The third kappa shape index (κ3) is 4.43. The summed E-state index contributed by atoms with van der Waals surface area (Å²) in [5.74, 6) is -0.735. The van der Waals surface area contributed by atoms with E-state index in [0.717, 1.165) is 10.5 Å². The van der Waals surface area contributed by atoms with Crippen LogP contribution in [-0.2, 0) is 20.9 Å². The number of thioether (sulfide) groups is 1. The second kappa shape index (κ2) is 8.05. The molecule has 2 aromatic rings. The molecule has 0 bridgehead atoms. The first-order valence-electron chi connectivity index (χ1n) is 8.12. The van der Waals surface area contributed by atoms with Crippen molar-refractivity contribution in [2.75, 3.05) is 11.1 Å². The van der Waals surface area contributed by atoms with Crippen LogP contribution >= 0.6 is 11.8 Å². The van der Waals surface area contributed by atoms with Crippen LogP contribution in [0.2, 0.25) is 0 Å². The third-order valence-corrected chi connectivity index (χ3v) is 4.88. The molecule has 1 aliphatic rings. The molecular weight excluding hydrogens is 352 g/mol.